The number of rotatable bonds is 8. The molecule has 0 aliphatic carbocycles. The van der Waals surface area contributed by atoms with Crippen molar-refractivity contribution in [2.45, 2.75) is 19.1 Å². The van der Waals surface area contributed by atoms with E-state index in [2.05, 4.69) is 20.3 Å². The van der Waals surface area contributed by atoms with Gasteiger partial charge in [0.25, 0.3) is 0 Å². The standard InChI is InChI=1S/C26H22ClFN4O3/c27-22-11-19(5-7-24(22)34-13-17-2-1-3-18(28)8-17)32-26-21-9-16(4-6-23(21)29-15-30-26)10-25-31-20(12-33)14-35-25/h1-9,11,15,20,33H,10,12-14H2,(H,29,30,32)/t20-/m0/s1. The van der Waals surface area contributed by atoms with Crippen LogP contribution in [0.3, 0.4) is 0 Å². The maximum Gasteiger partial charge on any atom is 0.188 e. The van der Waals surface area contributed by atoms with Crippen LogP contribution in [0.4, 0.5) is 15.9 Å². The van der Waals surface area contributed by atoms with Crippen molar-refractivity contribution in [3.63, 3.8) is 0 Å². The van der Waals surface area contributed by atoms with Crippen LogP contribution >= 0.6 is 11.6 Å². The van der Waals surface area contributed by atoms with Crippen molar-refractivity contribution in [3.8, 4) is 5.75 Å². The third kappa shape index (κ3) is 5.50. The molecule has 7 nitrogen and oxygen atoms in total. The van der Waals surface area contributed by atoms with Crippen molar-refractivity contribution < 1.29 is 19.0 Å². The molecule has 0 radical (unpaired) electrons. The van der Waals surface area contributed by atoms with Gasteiger partial charge in [0, 0.05) is 17.5 Å². The molecule has 5 rings (SSSR count). The van der Waals surface area contributed by atoms with Gasteiger partial charge >= 0.3 is 0 Å². The van der Waals surface area contributed by atoms with E-state index in [0.29, 0.717) is 41.1 Å². The largest absolute Gasteiger partial charge is 0.487 e. The Labute approximate surface area is 206 Å². The third-order valence-corrected chi connectivity index (χ3v) is 5.81. The molecule has 35 heavy (non-hydrogen) atoms. The van der Waals surface area contributed by atoms with Gasteiger partial charge in [0.1, 0.15) is 43.0 Å². The van der Waals surface area contributed by atoms with Crippen LogP contribution in [0.5, 0.6) is 5.75 Å². The summed E-state index contributed by atoms with van der Waals surface area (Å²) in [5.74, 6) is 1.42. The molecule has 1 aliphatic heterocycles. The molecule has 1 atom stereocenters. The number of anilines is 2. The number of halogens is 2. The second-order valence-electron chi connectivity index (χ2n) is 8.11. The Balaban J connectivity index is 1.32. The van der Waals surface area contributed by atoms with Gasteiger partial charge in [-0.3, -0.25) is 0 Å². The normalized spacial score (nSPS) is 15.1. The van der Waals surface area contributed by atoms with E-state index in [0.717, 1.165) is 22.2 Å². The van der Waals surface area contributed by atoms with Gasteiger partial charge in [-0.1, -0.05) is 29.8 Å². The Morgan fingerprint density at radius 3 is 2.80 bits per heavy atom. The van der Waals surface area contributed by atoms with Crippen LogP contribution in [-0.4, -0.2) is 40.2 Å². The van der Waals surface area contributed by atoms with Crippen molar-refractivity contribution in [2.75, 3.05) is 18.5 Å². The van der Waals surface area contributed by atoms with Crippen molar-refractivity contribution in [1.82, 2.24) is 9.97 Å². The maximum absolute atomic E-state index is 13.4. The average molecular weight is 493 g/mol. The predicted molar refractivity (Wildman–Crippen MR) is 133 cm³/mol. The van der Waals surface area contributed by atoms with Gasteiger partial charge in [-0.2, -0.15) is 0 Å². The van der Waals surface area contributed by atoms with Gasteiger partial charge in [0.05, 0.1) is 17.1 Å². The first-order valence-electron chi connectivity index (χ1n) is 11.0. The molecule has 0 saturated heterocycles. The molecule has 1 aliphatic rings. The summed E-state index contributed by atoms with van der Waals surface area (Å²) in [6, 6.07) is 17.3. The molecular formula is C26H22ClFN4O3. The molecule has 2 N–H and O–H groups in total. The fourth-order valence-electron chi connectivity index (χ4n) is 3.77. The van der Waals surface area contributed by atoms with Gasteiger partial charge in [0.2, 0.25) is 0 Å². The molecule has 2 heterocycles. The fraction of sp³-hybridized carbons (Fsp3) is 0.192. The van der Waals surface area contributed by atoms with Gasteiger partial charge < -0.3 is 19.9 Å². The highest BCUT2D eigenvalue weighted by atomic mass is 35.5. The number of aromatic nitrogens is 2. The van der Waals surface area contributed by atoms with E-state index in [9.17, 15) is 9.50 Å². The molecule has 0 spiro atoms. The van der Waals surface area contributed by atoms with E-state index >= 15 is 0 Å². The summed E-state index contributed by atoms with van der Waals surface area (Å²) in [5, 5.41) is 13.8. The van der Waals surface area contributed by atoms with Crippen LogP contribution in [0, 0.1) is 5.82 Å². The number of hydrogen-bond acceptors (Lipinski definition) is 7. The van der Waals surface area contributed by atoms with E-state index in [1.807, 2.05) is 24.3 Å². The lowest BCUT2D eigenvalue weighted by Gasteiger charge is -2.12. The Morgan fingerprint density at radius 2 is 2.00 bits per heavy atom. The van der Waals surface area contributed by atoms with Crippen LogP contribution in [-0.2, 0) is 17.8 Å². The van der Waals surface area contributed by atoms with E-state index < -0.39 is 0 Å². The maximum atomic E-state index is 13.4. The quantitative estimate of drug-likeness (QED) is 0.357. The van der Waals surface area contributed by atoms with Gasteiger partial charge in [-0.25, -0.2) is 19.4 Å². The summed E-state index contributed by atoms with van der Waals surface area (Å²) in [5.41, 5.74) is 3.22. The lowest BCUT2D eigenvalue weighted by Crippen LogP contribution is -2.10. The lowest BCUT2D eigenvalue weighted by atomic mass is 10.1. The minimum absolute atomic E-state index is 0.0275. The van der Waals surface area contributed by atoms with Gasteiger partial charge in [-0.15, -0.1) is 0 Å². The van der Waals surface area contributed by atoms with Crippen LogP contribution in [0.25, 0.3) is 10.9 Å². The van der Waals surface area contributed by atoms with Crippen molar-refractivity contribution >= 4 is 39.9 Å². The number of aliphatic hydroxyl groups excluding tert-OH is 1. The Kier molecular flexibility index (Phi) is 6.74. The minimum Gasteiger partial charge on any atom is -0.487 e. The number of nitrogens with one attached hydrogen (secondary N) is 1. The Hall–Kier alpha value is -3.75. The topological polar surface area (TPSA) is 88.9 Å². The molecule has 0 fully saturated rings. The molecule has 0 saturated carbocycles. The number of aliphatic imine (C=N–C) groups is 1. The zero-order chi connectivity index (χ0) is 24.2. The third-order valence-electron chi connectivity index (χ3n) is 5.51. The summed E-state index contributed by atoms with van der Waals surface area (Å²) >= 11 is 6.44. The molecular weight excluding hydrogens is 471 g/mol. The molecule has 9 heteroatoms. The van der Waals surface area contributed by atoms with E-state index in [4.69, 9.17) is 21.1 Å². The van der Waals surface area contributed by atoms with Crippen LogP contribution in [0.1, 0.15) is 11.1 Å². The summed E-state index contributed by atoms with van der Waals surface area (Å²) in [4.78, 5) is 13.1. The first-order chi connectivity index (χ1) is 17.1. The summed E-state index contributed by atoms with van der Waals surface area (Å²) in [6.45, 7) is 0.579. The van der Waals surface area contributed by atoms with Crippen molar-refractivity contribution in [3.05, 3.63) is 89.0 Å². The molecule has 0 amide bonds. The van der Waals surface area contributed by atoms with E-state index in [1.54, 1.807) is 24.3 Å². The summed E-state index contributed by atoms with van der Waals surface area (Å²) in [7, 11) is 0. The van der Waals surface area contributed by atoms with Crippen molar-refractivity contribution in [2.24, 2.45) is 4.99 Å². The number of aliphatic hydroxyl groups is 1. The predicted octanol–water partition coefficient (Wildman–Crippen LogP) is 5.08. The zero-order valence-electron chi connectivity index (χ0n) is 18.6. The highest BCUT2D eigenvalue weighted by molar-refractivity contribution is 6.32. The number of benzene rings is 3. The smallest absolute Gasteiger partial charge is 0.188 e. The number of ether oxygens (including phenoxy) is 2. The monoisotopic (exact) mass is 492 g/mol. The first-order valence-corrected chi connectivity index (χ1v) is 11.4. The average Bonchev–Trinajstić information content (AvgIpc) is 3.31. The van der Waals surface area contributed by atoms with Crippen LogP contribution in [0.15, 0.2) is 72.0 Å². The number of nitrogens with zero attached hydrogens (tertiary/aromatic N) is 3. The number of hydrogen-bond donors (Lipinski definition) is 2. The second-order valence-corrected chi connectivity index (χ2v) is 8.52. The molecule has 1 aromatic heterocycles. The molecule has 0 unspecified atom stereocenters. The van der Waals surface area contributed by atoms with Crippen LogP contribution in [0.2, 0.25) is 5.02 Å². The Morgan fingerprint density at radius 1 is 1.09 bits per heavy atom. The SMILES string of the molecule is OC[C@H]1COC(Cc2ccc3ncnc(Nc4ccc(OCc5cccc(F)c5)c(Cl)c4)c3c2)=N1. The molecule has 178 valence electrons. The zero-order valence-corrected chi connectivity index (χ0v) is 19.4. The molecule has 3 aromatic carbocycles. The van der Waals surface area contributed by atoms with Gasteiger partial charge in [0.15, 0.2) is 5.90 Å². The van der Waals surface area contributed by atoms with Crippen LogP contribution < -0.4 is 10.1 Å². The minimum atomic E-state index is -0.310. The first kappa shape index (κ1) is 23.0. The highest BCUT2D eigenvalue weighted by Gasteiger charge is 2.18. The Bertz CT molecular complexity index is 1400. The molecule has 0 bridgehead atoms. The van der Waals surface area contributed by atoms with E-state index in [1.165, 1.54) is 18.5 Å². The second kappa shape index (κ2) is 10.2. The highest BCUT2D eigenvalue weighted by Crippen LogP contribution is 2.31. The summed E-state index contributed by atoms with van der Waals surface area (Å²) in [6.07, 6.45) is 2.02. The van der Waals surface area contributed by atoms with E-state index in [-0.39, 0.29) is 25.1 Å². The summed E-state index contributed by atoms with van der Waals surface area (Å²) < 4.78 is 24.7. The van der Waals surface area contributed by atoms with Crippen molar-refractivity contribution in [1.29, 1.82) is 0 Å². The fourth-order valence-corrected chi connectivity index (χ4v) is 4.00. The lowest BCUT2D eigenvalue weighted by molar-refractivity contribution is 0.226. The van der Waals surface area contributed by atoms with Gasteiger partial charge in [-0.05, 0) is 53.6 Å². The number of fused-ring (bicyclic) bond motifs is 1. The molecule has 4 aromatic rings.